The Morgan fingerprint density at radius 2 is 2.00 bits per heavy atom. The summed E-state index contributed by atoms with van der Waals surface area (Å²) in [5, 5.41) is 6.43. The standard InChI is InChI=1S/C15H20N2O/c18-14(8-11-9-16-10-11)17-15(13-6-7-13)12-4-2-1-3-5-12/h1-5,11,13,15-16H,6-10H2,(H,17,18). The van der Waals surface area contributed by atoms with Gasteiger partial charge in [-0.1, -0.05) is 30.3 Å². The molecule has 3 heteroatoms. The first-order valence-corrected chi connectivity index (χ1v) is 6.88. The molecule has 0 aromatic heterocycles. The molecule has 3 rings (SSSR count). The number of nitrogens with one attached hydrogen (secondary N) is 2. The Morgan fingerprint density at radius 1 is 1.28 bits per heavy atom. The first-order valence-electron chi connectivity index (χ1n) is 6.88. The second-order valence-electron chi connectivity index (χ2n) is 5.52. The number of hydrogen-bond donors (Lipinski definition) is 2. The largest absolute Gasteiger partial charge is 0.349 e. The van der Waals surface area contributed by atoms with E-state index in [1.807, 2.05) is 18.2 Å². The van der Waals surface area contributed by atoms with E-state index in [2.05, 4.69) is 22.8 Å². The smallest absolute Gasteiger partial charge is 0.220 e. The zero-order chi connectivity index (χ0) is 12.4. The van der Waals surface area contributed by atoms with Crippen LogP contribution in [0, 0.1) is 11.8 Å². The fourth-order valence-corrected chi connectivity index (χ4v) is 2.55. The maximum absolute atomic E-state index is 12.0. The lowest BCUT2D eigenvalue weighted by atomic mass is 9.97. The summed E-state index contributed by atoms with van der Waals surface area (Å²) in [6, 6.07) is 10.6. The van der Waals surface area contributed by atoms with Crippen LogP contribution in [-0.4, -0.2) is 19.0 Å². The normalized spacial score (nSPS) is 21.1. The lowest BCUT2D eigenvalue weighted by Crippen LogP contribution is -2.45. The Morgan fingerprint density at radius 3 is 2.56 bits per heavy atom. The molecule has 1 saturated heterocycles. The zero-order valence-corrected chi connectivity index (χ0v) is 10.6. The molecule has 0 radical (unpaired) electrons. The Kier molecular flexibility index (Phi) is 3.33. The van der Waals surface area contributed by atoms with Crippen LogP contribution in [0.25, 0.3) is 0 Å². The van der Waals surface area contributed by atoms with E-state index < -0.39 is 0 Å². The van der Waals surface area contributed by atoms with Crippen molar-refractivity contribution in [3.05, 3.63) is 35.9 Å². The maximum atomic E-state index is 12.0. The molecule has 2 fully saturated rings. The second-order valence-corrected chi connectivity index (χ2v) is 5.52. The van der Waals surface area contributed by atoms with Crippen LogP contribution in [0.4, 0.5) is 0 Å². The maximum Gasteiger partial charge on any atom is 0.220 e. The van der Waals surface area contributed by atoms with Gasteiger partial charge in [-0.25, -0.2) is 0 Å². The molecule has 2 aliphatic rings. The van der Waals surface area contributed by atoms with Crippen LogP contribution in [0.5, 0.6) is 0 Å². The number of rotatable bonds is 5. The molecule has 1 saturated carbocycles. The Balaban J connectivity index is 1.61. The molecule has 0 spiro atoms. The van der Waals surface area contributed by atoms with Gasteiger partial charge in [0.05, 0.1) is 6.04 Å². The van der Waals surface area contributed by atoms with E-state index in [1.54, 1.807) is 0 Å². The number of carbonyl (C=O) groups excluding carboxylic acids is 1. The summed E-state index contributed by atoms with van der Waals surface area (Å²) in [7, 11) is 0. The van der Waals surface area contributed by atoms with Gasteiger partial charge in [-0.2, -0.15) is 0 Å². The van der Waals surface area contributed by atoms with Crippen LogP contribution in [0.15, 0.2) is 30.3 Å². The minimum atomic E-state index is 0.210. The molecule has 3 nitrogen and oxygen atoms in total. The van der Waals surface area contributed by atoms with Gasteiger partial charge in [0.25, 0.3) is 0 Å². The summed E-state index contributed by atoms with van der Waals surface area (Å²) < 4.78 is 0. The third kappa shape index (κ3) is 2.72. The van der Waals surface area contributed by atoms with Crippen LogP contribution in [-0.2, 0) is 4.79 Å². The minimum Gasteiger partial charge on any atom is -0.349 e. The summed E-state index contributed by atoms with van der Waals surface area (Å²) in [5.74, 6) is 1.40. The van der Waals surface area contributed by atoms with E-state index in [-0.39, 0.29) is 11.9 Å². The van der Waals surface area contributed by atoms with E-state index in [1.165, 1.54) is 18.4 Å². The molecule has 1 heterocycles. The van der Waals surface area contributed by atoms with Crippen LogP contribution >= 0.6 is 0 Å². The third-order valence-corrected chi connectivity index (χ3v) is 3.91. The molecule has 2 N–H and O–H groups in total. The van der Waals surface area contributed by atoms with Crippen molar-refractivity contribution in [1.29, 1.82) is 0 Å². The van der Waals surface area contributed by atoms with Crippen molar-refractivity contribution in [3.63, 3.8) is 0 Å². The van der Waals surface area contributed by atoms with Crippen molar-refractivity contribution < 1.29 is 4.79 Å². The highest BCUT2D eigenvalue weighted by Gasteiger charge is 2.33. The van der Waals surface area contributed by atoms with E-state index >= 15 is 0 Å². The van der Waals surface area contributed by atoms with Gasteiger partial charge >= 0.3 is 0 Å². The fraction of sp³-hybridized carbons (Fsp3) is 0.533. The lowest BCUT2D eigenvalue weighted by molar-refractivity contribution is -0.123. The van der Waals surface area contributed by atoms with Gasteiger partial charge in [-0.3, -0.25) is 4.79 Å². The molecule has 1 aliphatic heterocycles. The van der Waals surface area contributed by atoms with Crippen molar-refractivity contribution in [2.45, 2.75) is 25.3 Å². The van der Waals surface area contributed by atoms with Crippen molar-refractivity contribution in [1.82, 2.24) is 10.6 Å². The average Bonchev–Trinajstić information content (AvgIpc) is 3.16. The molecule has 0 bridgehead atoms. The number of hydrogen-bond acceptors (Lipinski definition) is 2. The highest BCUT2D eigenvalue weighted by molar-refractivity contribution is 5.77. The van der Waals surface area contributed by atoms with Gasteiger partial charge in [-0.05, 0) is 43.3 Å². The van der Waals surface area contributed by atoms with E-state index in [0.717, 1.165) is 13.1 Å². The zero-order valence-electron chi connectivity index (χ0n) is 10.6. The molecule has 18 heavy (non-hydrogen) atoms. The number of carbonyl (C=O) groups is 1. The fourth-order valence-electron chi connectivity index (χ4n) is 2.55. The third-order valence-electron chi connectivity index (χ3n) is 3.91. The number of benzene rings is 1. The van der Waals surface area contributed by atoms with Crippen LogP contribution in [0.2, 0.25) is 0 Å². The van der Waals surface area contributed by atoms with Crippen LogP contribution in [0.1, 0.15) is 30.9 Å². The van der Waals surface area contributed by atoms with Gasteiger partial charge in [-0.15, -0.1) is 0 Å². The summed E-state index contributed by atoms with van der Waals surface area (Å²) in [6.45, 7) is 1.99. The van der Waals surface area contributed by atoms with Crippen LogP contribution in [0.3, 0.4) is 0 Å². The monoisotopic (exact) mass is 244 g/mol. The summed E-state index contributed by atoms with van der Waals surface area (Å²) in [6.07, 6.45) is 3.15. The second kappa shape index (κ2) is 5.11. The number of amides is 1. The highest BCUT2D eigenvalue weighted by atomic mass is 16.1. The summed E-state index contributed by atoms with van der Waals surface area (Å²) in [5.41, 5.74) is 1.25. The summed E-state index contributed by atoms with van der Waals surface area (Å²) in [4.78, 5) is 12.0. The van der Waals surface area contributed by atoms with Crippen molar-refractivity contribution in [2.75, 3.05) is 13.1 Å². The predicted molar refractivity (Wildman–Crippen MR) is 71.0 cm³/mol. The Hall–Kier alpha value is -1.35. The quantitative estimate of drug-likeness (QED) is 0.830. The molecule has 1 aliphatic carbocycles. The van der Waals surface area contributed by atoms with Gasteiger partial charge in [0.2, 0.25) is 5.91 Å². The molecule has 1 aromatic rings. The lowest BCUT2D eigenvalue weighted by Gasteiger charge is -2.27. The SMILES string of the molecule is O=C(CC1CNC1)NC(c1ccccc1)C1CC1. The molecule has 1 atom stereocenters. The van der Waals surface area contributed by atoms with Crippen molar-refractivity contribution in [2.24, 2.45) is 11.8 Å². The van der Waals surface area contributed by atoms with Crippen molar-refractivity contribution >= 4 is 5.91 Å². The van der Waals surface area contributed by atoms with Gasteiger partial charge in [0.15, 0.2) is 0 Å². The molecule has 1 amide bonds. The first-order chi connectivity index (χ1) is 8.83. The van der Waals surface area contributed by atoms with E-state index in [0.29, 0.717) is 18.3 Å². The first kappa shape index (κ1) is 11.7. The minimum absolute atomic E-state index is 0.210. The van der Waals surface area contributed by atoms with E-state index in [4.69, 9.17) is 0 Å². The highest BCUT2D eigenvalue weighted by Crippen LogP contribution is 2.41. The molecule has 96 valence electrons. The van der Waals surface area contributed by atoms with Crippen LogP contribution < -0.4 is 10.6 Å². The van der Waals surface area contributed by atoms with E-state index in [9.17, 15) is 4.79 Å². The topological polar surface area (TPSA) is 41.1 Å². The van der Waals surface area contributed by atoms with Crippen molar-refractivity contribution in [3.8, 4) is 0 Å². The molecular weight excluding hydrogens is 224 g/mol. The Bertz CT molecular complexity index is 410. The van der Waals surface area contributed by atoms with Gasteiger partial charge in [0.1, 0.15) is 0 Å². The Labute approximate surface area is 108 Å². The predicted octanol–water partition coefficient (Wildman–Crippen LogP) is 1.86. The van der Waals surface area contributed by atoms with Gasteiger partial charge in [0, 0.05) is 6.42 Å². The molecule has 1 aromatic carbocycles. The molecular formula is C15H20N2O. The average molecular weight is 244 g/mol. The molecule has 1 unspecified atom stereocenters. The van der Waals surface area contributed by atoms with Gasteiger partial charge < -0.3 is 10.6 Å². The summed E-state index contributed by atoms with van der Waals surface area (Å²) >= 11 is 0.